The van der Waals surface area contributed by atoms with Crippen molar-refractivity contribution in [1.82, 2.24) is 20.5 Å². The molecule has 1 aliphatic carbocycles. The van der Waals surface area contributed by atoms with E-state index in [2.05, 4.69) is 55.0 Å². The molecule has 2 radical (unpaired) electrons. The van der Waals surface area contributed by atoms with Gasteiger partial charge in [-0.05, 0) is 56.0 Å². The average Bonchev–Trinajstić information content (AvgIpc) is 3.27. The first-order chi connectivity index (χ1) is 16.1. The van der Waals surface area contributed by atoms with Gasteiger partial charge in [0.25, 0.3) is 0 Å². The maximum Gasteiger partial charge on any atom is 0.247 e. The number of nitrogens with one attached hydrogen (secondary N) is 2. The van der Waals surface area contributed by atoms with Gasteiger partial charge in [-0.2, -0.15) is 0 Å². The van der Waals surface area contributed by atoms with E-state index in [9.17, 15) is 0 Å². The molecule has 1 aliphatic heterocycles. The van der Waals surface area contributed by atoms with Crippen molar-refractivity contribution in [2.45, 2.75) is 63.6 Å². The number of pyridine rings is 1. The largest absolute Gasteiger partial charge is 0.421 e. The lowest BCUT2D eigenvalue weighted by atomic mass is 9.88. The number of aromatic nitrogens is 3. The zero-order valence-corrected chi connectivity index (χ0v) is 19.2. The summed E-state index contributed by atoms with van der Waals surface area (Å²) in [6.45, 7) is 3.90. The Hall–Kier alpha value is -2.87. The predicted octanol–water partition coefficient (Wildman–Crippen LogP) is 3.22. The number of rotatable bonds is 6. The second-order valence-corrected chi connectivity index (χ2v) is 9.24. The van der Waals surface area contributed by atoms with E-state index in [1.54, 1.807) is 6.20 Å². The Morgan fingerprint density at radius 3 is 2.58 bits per heavy atom. The van der Waals surface area contributed by atoms with Gasteiger partial charge in [0.15, 0.2) is 0 Å². The second kappa shape index (κ2) is 9.95. The van der Waals surface area contributed by atoms with E-state index in [0.29, 0.717) is 29.9 Å². The molecule has 0 amide bonds. The summed E-state index contributed by atoms with van der Waals surface area (Å²) in [6.07, 6.45) is 9.02. The van der Waals surface area contributed by atoms with Crippen molar-refractivity contribution >= 4 is 24.8 Å². The molecular formula is C25H31BN6O. The van der Waals surface area contributed by atoms with Crippen molar-refractivity contribution in [3.05, 3.63) is 48.5 Å². The summed E-state index contributed by atoms with van der Waals surface area (Å²) in [6, 6.07) is 13.5. The quantitative estimate of drug-likeness (QED) is 0.568. The van der Waals surface area contributed by atoms with Crippen molar-refractivity contribution in [1.29, 1.82) is 0 Å². The second-order valence-electron chi connectivity index (χ2n) is 9.24. The molecule has 5 rings (SSSR count). The first-order valence-electron chi connectivity index (χ1n) is 12.0. The van der Waals surface area contributed by atoms with E-state index in [-0.39, 0.29) is 0 Å². The minimum Gasteiger partial charge on any atom is -0.421 e. The van der Waals surface area contributed by atoms with Crippen molar-refractivity contribution in [2.75, 3.05) is 23.3 Å². The van der Waals surface area contributed by atoms with Gasteiger partial charge in [-0.1, -0.05) is 24.4 Å². The lowest BCUT2D eigenvalue weighted by Crippen LogP contribution is -2.55. The highest BCUT2D eigenvalue weighted by Crippen LogP contribution is 2.27. The van der Waals surface area contributed by atoms with Crippen LogP contribution in [0.2, 0.25) is 0 Å². The molecule has 0 bridgehead atoms. The number of hydrogen-bond acceptors (Lipinski definition) is 7. The van der Waals surface area contributed by atoms with E-state index >= 15 is 0 Å². The van der Waals surface area contributed by atoms with Crippen LogP contribution in [0.25, 0.3) is 11.5 Å². The number of benzene rings is 1. The topological polar surface area (TPSA) is 79.1 Å². The molecule has 8 heteroatoms. The van der Waals surface area contributed by atoms with Crippen LogP contribution in [0.1, 0.15) is 44.4 Å². The Balaban J connectivity index is 1.21. The lowest BCUT2D eigenvalue weighted by Gasteiger charge is -2.40. The van der Waals surface area contributed by atoms with Gasteiger partial charge in [0.1, 0.15) is 13.7 Å². The van der Waals surface area contributed by atoms with Crippen molar-refractivity contribution in [3.8, 4) is 11.5 Å². The highest BCUT2D eigenvalue weighted by molar-refractivity contribution is 6.32. The van der Waals surface area contributed by atoms with Gasteiger partial charge in [0.2, 0.25) is 11.8 Å². The van der Waals surface area contributed by atoms with E-state index in [4.69, 9.17) is 12.3 Å². The van der Waals surface area contributed by atoms with E-state index in [0.717, 1.165) is 36.4 Å². The van der Waals surface area contributed by atoms with Gasteiger partial charge in [0.05, 0.1) is 0 Å². The van der Waals surface area contributed by atoms with E-state index < -0.39 is 0 Å². The summed E-state index contributed by atoms with van der Waals surface area (Å²) in [4.78, 5) is 6.94. The first kappa shape index (κ1) is 22.0. The van der Waals surface area contributed by atoms with Crippen LogP contribution in [0.15, 0.2) is 47.0 Å². The standard InChI is InChI=1S/C25H31BN6O/c1-17-30-31-25(33-17)18-8-10-21(11-9-18)32-14-4-5-20(16-32)28-22-6-2-3-7-23(22)29-24-15-19(26)12-13-27-24/h8-13,15,20,22-23,28H,2-7,14,16H2,1H3,(H,27,29)/t20-,22+,23+/m0/s1. The molecule has 2 N–H and O–H groups in total. The minimum atomic E-state index is 0.376. The SMILES string of the molecule is [B]c1ccnc(N[C@@H]2CCCC[C@H]2N[C@H]2CCCN(c3ccc(-c4nnc(C)o4)cc3)C2)c1. The summed E-state index contributed by atoms with van der Waals surface area (Å²) >= 11 is 0. The molecule has 1 saturated heterocycles. The molecule has 3 heterocycles. The monoisotopic (exact) mass is 442 g/mol. The Labute approximate surface area is 196 Å². The third kappa shape index (κ3) is 5.38. The molecule has 0 unspecified atom stereocenters. The van der Waals surface area contributed by atoms with Gasteiger partial charge >= 0.3 is 0 Å². The Bertz CT molecular complexity index is 1060. The van der Waals surface area contributed by atoms with Gasteiger partial charge < -0.3 is 20.0 Å². The fraction of sp³-hybridized carbons (Fsp3) is 0.480. The van der Waals surface area contributed by atoms with Gasteiger partial charge in [0, 0.05) is 55.6 Å². The summed E-state index contributed by atoms with van der Waals surface area (Å²) in [5.74, 6) is 2.03. The Kier molecular flexibility index (Phi) is 6.62. The average molecular weight is 442 g/mol. The maximum atomic E-state index is 5.95. The first-order valence-corrected chi connectivity index (χ1v) is 12.0. The summed E-state index contributed by atoms with van der Waals surface area (Å²) in [5, 5.41) is 15.7. The molecule has 0 spiro atoms. The summed E-state index contributed by atoms with van der Waals surface area (Å²) < 4.78 is 5.55. The molecule has 2 fully saturated rings. The zero-order chi connectivity index (χ0) is 22.6. The molecule has 170 valence electrons. The van der Waals surface area contributed by atoms with Crippen LogP contribution in [0, 0.1) is 6.92 Å². The predicted molar refractivity (Wildman–Crippen MR) is 132 cm³/mol. The zero-order valence-electron chi connectivity index (χ0n) is 19.2. The van der Waals surface area contributed by atoms with Crippen LogP contribution < -0.4 is 21.0 Å². The fourth-order valence-corrected chi connectivity index (χ4v) is 5.10. The minimum absolute atomic E-state index is 0.376. The van der Waals surface area contributed by atoms with Crippen molar-refractivity contribution < 1.29 is 4.42 Å². The number of nitrogens with zero attached hydrogens (tertiary/aromatic N) is 4. The highest BCUT2D eigenvalue weighted by atomic mass is 16.4. The smallest absolute Gasteiger partial charge is 0.247 e. The molecule has 33 heavy (non-hydrogen) atoms. The number of aryl methyl sites for hydroxylation is 1. The van der Waals surface area contributed by atoms with Crippen LogP contribution >= 0.6 is 0 Å². The van der Waals surface area contributed by atoms with Crippen LogP contribution in [-0.2, 0) is 0 Å². The molecule has 1 aromatic carbocycles. The Morgan fingerprint density at radius 1 is 1.00 bits per heavy atom. The Morgan fingerprint density at radius 2 is 1.82 bits per heavy atom. The van der Waals surface area contributed by atoms with Crippen molar-refractivity contribution in [3.63, 3.8) is 0 Å². The molecular weight excluding hydrogens is 411 g/mol. The summed E-state index contributed by atoms with van der Waals surface area (Å²) in [5.41, 5.74) is 2.94. The molecule has 3 aromatic rings. The number of hydrogen-bond donors (Lipinski definition) is 2. The van der Waals surface area contributed by atoms with Crippen LogP contribution in [-0.4, -0.2) is 54.2 Å². The number of piperidine rings is 1. The van der Waals surface area contributed by atoms with Gasteiger partial charge in [-0.25, -0.2) is 4.98 Å². The highest BCUT2D eigenvalue weighted by Gasteiger charge is 2.29. The van der Waals surface area contributed by atoms with E-state index in [1.807, 2.05) is 19.1 Å². The van der Waals surface area contributed by atoms with Gasteiger partial charge in [-0.15, -0.1) is 10.2 Å². The lowest BCUT2D eigenvalue weighted by molar-refractivity contribution is 0.293. The summed E-state index contributed by atoms with van der Waals surface area (Å²) in [7, 11) is 5.95. The van der Waals surface area contributed by atoms with Crippen LogP contribution in [0.4, 0.5) is 11.5 Å². The number of anilines is 2. The molecule has 2 aromatic heterocycles. The van der Waals surface area contributed by atoms with E-state index in [1.165, 1.54) is 37.8 Å². The third-order valence-corrected chi connectivity index (χ3v) is 6.76. The molecule has 1 saturated carbocycles. The van der Waals surface area contributed by atoms with Crippen molar-refractivity contribution in [2.24, 2.45) is 0 Å². The normalized spacial score (nSPS) is 23.4. The van der Waals surface area contributed by atoms with Crippen LogP contribution in [0.5, 0.6) is 0 Å². The molecule has 3 atom stereocenters. The fourth-order valence-electron chi connectivity index (χ4n) is 5.10. The molecule has 7 nitrogen and oxygen atoms in total. The maximum absolute atomic E-state index is 5.95. The third-order valence-electron chi connectivity index (χ3n) is 6.76. The van der Waals surface area contributed by atoms with Crippen LogP contribution in [0.3, 0.4) is 0 Å². The van der Waals surface area contributed by atoms with Gasteiger partial charge in [-0.3, -0.25) is 0 Å². The molecule has 2 aliphatic rings.